The van der Waals surface area contributed by atoms with E-state index >= 15 is 0 Å². The highest BCUT2D eigenvalue weighted by atomic mass is 19.1. The largest absolute Gasteiger partial charge is 0.343 e. The lowest BCUT2D eigenvalue weighted by atomic mass is 9.94. The molecule has 0 bridgehead atoms. The van der Waals surface area contributed by atoms with E-state index < -0.39 is 17.5 Å². The molecule has 1 saturated heterocycles. The molecular formula is C17H20F2N2O2. The van der Waals surface area contributed by atoms with Crippen LogP contribution in [0.1, 0.15) is 36.0 Å². The Morgan fingerprint density at radius 3 is 2.35 bits per heavy atom. The first kappa shape index (κ1) is 15.9. The van der Waals surface area contributed by atoms with Crippen LogP contribution in [0.4, 0.5) is 8.78 Å². The van der Waals surface area contributed by atoms with Crippen LogP contribution in [-0.4, -0.2) is 47.8 Å². The average molecular weight is 322 g/mol. The molecule has 3 rings (SSSR count). The van der Waals surface area contributed by atoms with Crippen molar-refractivity contribution in [1.29, 1.82) is 0 Å². The van der Waals surface area contributed by atoms with E-state index in [2.05, 4.69) is 0 Å². The predicted octanol–water partition coefficient (Wildman–Crippen LogP) is 2.44. The van der Waals surface area contributed by atoms with E-state index in [1.54, 1.807) is 0 Å². The Balaban J connectivity index is 1.59. The zero-order chi connectivity index (χ0) is 16.6. The summed E-state index contributed by atoms with van der Waals surface area (Å²) >= 11 is 0. The maximum Gasteiger partial charge on any atom is 0.256 e. The number of amides is 2. The van der Waals surface area contributed by atoms with Gasteiger partial charge in [0.15, 0.2) is 0 Å². The van der Waals surface area contributed by atoms with Crippen molar-refractivity contribution in [2.45, 2.75) is 31.7 Å². The first-order valence-corrected chi connectivity index (χ1v) is 7.98. The van der Waals surface area contributed by atoms with E-state index in [0.717, 1.165) is 18.9 Å². The highest BCUT2D eigenvalue weighted by Crippen LogP contribution is 2.29. The number of benzene rings is 1. The first-order valence-electron chi connectivity index (χ1n) is 7.98. The first-order chi connectivity index (χ1) is 11.0. The molecule has 1 saturated carbocycles. The van der Waals surface area contributed by atoms with Gasteiger partial charge in [0, 0.05) is 38.2 Å². The minimum atomic E-state index is -0.846. The Labute approximate surface area is 134 Å². The molecule has 4 nitrogen and oxygen atoms in total. The van der Waals surface area contributed by atoms with Crippen LogP contribution in [0.3, 0.4) is 0 Å². The highest BCUT2D eigenvalue weighted by Gasteiger charge is 2.35. The van der Waals surface area contributed by atoms with Crippen LogP contribution < -0.4 is 0 Å². The SMILES string of the molecule is CN(C(=O)C1CCN(C(=O)c2ccc(F)cc2F)CC1)C1CC1. The van der Waals surface area contributed by atoms with Gasteiger partial charge in [0.05, 0.1) is 5.56 Å². The molecular weight excluding hydrogens is 302 g/mol. The summed E-state index contributed by atoms with van der Waals surface area (Å²) in [7, 11) is 1.84. The molecule has 0 atom stereocenters. The van der Waals surface area contributed by atoms with E-state index in [9.17, 15) is 18.4 Å². The lowest BCUT2D eigenvalue weighted by Crippen LogP contribution is -2.44. The molecule has 1 heterocycles. The Hall–Kier alpha value is -1.98. The summed E-state index contributed by atoms with van der Waals surface area (Å²) in [4.78, 5) is 28.0. The van der Waals surface area contributed by atoms with Crippen LogP contribution in [0.25, 0.3) is 0 Å². The molecule has 0 aromatic heterocycles. The molecule has 1 aliphatic heterocycles. The van der Waals surface area contributed by atoms with Crippen LogP contribution >= 0.6 is 0 Å². The molecule has 0 N–H and O–H groups in total. The van der Waals surface area contributed by atoms with Crippen molar-refractivity contribution in [2.75, 3.05) is 20.1 Å². The molecule has 6 heteroatoms. The molecule has 0 unspecified atom stereocenters. The second-order valence-electron chi connectivity index (χ2n) is 6.37. The molecule has 2 fully saturated rings. The molecule has 2 aliphatic rings. The second-order valence-corrected chi connectivity index (χ2v) is 6.37. The molecule has 1 aromatic rings. The van der Waals surface area contributed by atoms with Crippen LogP contribution in [0.15, 0.2) is 18.2 Å². The Bertz CT molecular complexity index is 623. The third-order valence-corrected chi connectivity index (χ3v) is 4.74. The third-order valence-electron chi connectivity index (χ3n) is 4.74. The lowest BCUT2D eigenvalue weighted by Gasteiger charge is -2.33. The molecule has 124 valence electrons. The molecule has 0 radical (unpaired) electrons. The fourth-order valence-corrected chi connectivity index (χ4v) is 3.09. The molecule has 1 aliphatic carbocycles. The minimum absolute atomic E-state index is 0.0669. The fourth-order valence-electron chi connectivity index (χ4n) is 3.09. The molecule has 23 heavy (non-hydrogen) atoms. The van der Waals surface area contributed by atoms with Crippen molar-refractivity contribution in [3.8, 4) is 0 Å². The highest BCUT2D eigenvalue weighted by molar-refractivity contribution is 5.94. The molecule has 2 amide bonds. The van der Waals surface area contributed by atoms with Crippen LogP contribution in [-0.2, 0) is 4.79 Å². The van der Waals surface area contributed by atoms with Gasteiger partial charge in [-0.3, -0.25) is 9.59 Å². The Morgan fingerprint density at radius 2 is 1.78 bits per heavy atom. The summed E-state index contributed by atoms with van der Waals surface area (Å²) in [5, 5.41) is 0. The van der Waals surface area contributed by atoms with E-state index in [-0.39, 0.29) is 17.4 Å². The van der Waals surface area contributed by atoms with Gasteiger partial charge >= 0.3 is 0 Å². The normalized spacial score (nSPS) is 18.8. The standard InChI is InChI=1S/C17H20F2N2O2/c1-20(13-3-4-13)16(22)11-6-8-21(9-7-11)17(23)14-5-2-12(18)10-15(14)19/h2,5,10-11,13H,3-4,6-9H2,1H3. The van der Waals surface area contributed by atoms with Crippen molar-refractivity contribution in [2.24, 2.45) is 5.92 Å². The lowest BCUT2D eigenvalue weighted by molar-refractivity contribution is -0.136. The summed E-state index contributed by atoms with van der Waals surface area (Å²) in [6.07, 6.45) is 3.32. The average Bonchev–Trinajstić information content (AvgIpc) is 3.38. The van der Waals surface area contributed by atoms with Crippen LogP contribution in [0.5, 0.6) is 0 Å². The molecule has 1 aromatic carbocycles. The second kappa shape index (κ2) is 6.26. The van der Waals surface area contributed by atoms with E-state index in [1.807, 2.05) is 11.9 Å². The number of hydrogen-bond acceptors (Lipinski definition) is 2. The summed E-state index contributed by atoms with van der Waals surface area (Å²) < 4.78 is 26.6. The van der Waals surface area contributed by atoms with Crippen molar-refractivity contribution in [3.63, 3.8) is 0 Å². The monoisotopic (exact) mass is 322 g/mol. The van der Waals surface area contributed by atoms with Crippen molar-refractivity contribution < 1.29 is 18.4 Å². The number of carbonyl (C=O) groups excluding carboxylic acids is 2. The van der Waals surface area contributed by atoms with Gasteiger partial charge < -0.3 is 9.80 Å². The van der Waals surface area contributed by atoms with E-state index in [0.29, 0.717) is 38.0 Å². The smallest absolute Gasteiger partial charge is 0.256 e. The van der Waals surface area contributed by atoms with E-state index in [1.165, 1.54) is 11.0 Å². The quantitative estimate of drug-likeness (QED) is 0.857. The third kappa shape index (κ3) is 3.35. The Morgan fingerprint density at radius 1 is 1.13 bits per heavy atom. The van der Waals surface area contributed by atoms with Crippen molar-refractivity contribution >= 4 is 11.8 Å². The van der Waals surface area contributed by atoms with Crippen molar-refractivity contribution in [1.82, 2.24) is 9.80 Å². The zero-order valence-electron chi connectivity index (χ0n) is 13.1. The predicted molar refractivity (Wildman–Crippen MR) is 80.8 cm³/mol. The number of hydrogen-bond donors (Lipinski definition) is 0. The number of likely N-dealkylation sites (tertiary alicyclic amines) is 1. The minimum Gasteiger partial charge on any atom is -0.343 e. The van der Waals surface area contributed by atoms with E-state index in [4.69, 9.17) is 0 Å². The number of nitrogens with zero attached hydrogens (tertiary/aromatic N) is 2. The number of rotatable bonds is 3. The summed E-state index contributed by atoms with van der Waals surface area (Å²) in [6.45, 7) is 0.842. The van der Waals surface area contributed by atoms with Crippen LogP contribution in [0, 0.1) is 17.6 Å². The van der Waals surface area contributed by atoms with Gasteiger partial charge in [0.1, 0.15) is 11.6 Å². The zero-order valence-corrected chi connectivity index (χ0v) is 13.1. The van der Waals surface area contributed by atoms with Gasteiger partial charge in [-0.1, -0.05) is 0 Å². The number of halogens is 2. The molecule has 0 spiro atoms. The van der Waals surface area contributed by atoms with Gasteiger partial charge in [-0.25, -0.2) is 8.78 Å². The maximum absolute atomic E-state index is 13.7. The van der Waals surface area contributed by atoms with Gasteiger partial charge in [-0.05, 0) is 37.8 Å². The van der Waals surface area contributed by atoms with Gasteiger partial charge in [-0.15, -0.1) is 0 Å². The summed E-state index contributed by atoms with van der Waals surface area (Å²) in [5.41, 5.74) is -0.119. The van der Waals surface area contributed by atoms with Gasteiger partial charge in [0.2, 0.25) is 5.91 Å². The maximum atomic E-state index is 13.7. The summed E-state index contributed by atoms with van der Waals surface area (Å²) in [6, 6.07) is 3.35. The van der Waals surface area contributed by atoms with Gasteiger partial charge in [-0.2, -0.15) is 0 Å². The number of piperidine rings is 1. The summed E-state index contributed by atoms with van der Waals surface area (Å²) in [5.74, 6) is -1.91. The van der Waals surface area contributed by atoms with Crippen molar-refractivity contribution in [3.05, 3.63) is 35.4 Å². The topological polar surface area (TPSA) is 40.6 Å². The number of carbonyl (C=O) groups is 2. The van der Waals surface area contributed by atoms with Crippen LogP contribution in [0.2, 0.25) is 0 Å². The fraction of sp³-hybridized carbons (Fsp3) is 0.529. The Kier molecular flexibility index (Phi) is 4.33. The van der Waals surface area contributed by atoms with Gasteiger partial charge in [0.25, 0.3) is 5.91 Å².